The van der Waals surface area contributed by atoms with Crippen LogP contribution < -0.4 is 16.0 Å². The molecule has 11 nitrogen and oxygen atoms in total. The molecule has 0 spiro atoms. The van der Waals surface area contributed by atoms with E-state index < -0.39 is 0 Å². The van der Waals surface area contributed by atoms with E-state index in [1.54, 1.807) is 0 Å². The van der Waals surface area contributed by atoms with Crippen molar-refractivity contribution < 1.29 is 28.8 Å². The van der Waals surface area contributed by atoms with Crippen molar-refractivity contribution in [1.82, 2.24) is 25.8 Å². The summed E-state index contributed by atoms with van der Waals surface area (Å²) in [5.41, 5.74) is 0. The van der Waals surface area contributed by atoms with E-state index in [9.17, 15) is 28.8 Å². The van der Waals surface area contributed by atoms with E-state index in [-0.39, 0.29) is 34.7 Å². The van der Waals surface area contributed by atoms with Gasteiger partial charge in [0.2, 0.25) is 0 Å². The van der Waals surface area contributed by atoms with E-state index in [0.717, 1.165) is 5.92 Å². The van der Waals surface area contributed by atoms with Crippen LogP contribution in [0.2, 0.25) is 0 Å². The Kier molecular flexibility index (Phi) is 65.4. The average Bonchev–Trinajstić information content (AvgIpc) is 3.78. The lowest BCUT2D eigenvalue weighted by molar-refractivity contribution is -0.115. The Morgan fingerprint density at radius 1 is 0.333 bits per heavy atom. The van der Waals surface area contributed by atoms with Crippen molar-refractivity contribution in [2.45, 2.75) is 180 Å². The Bertz CT molecular complexity index is 748. The highest BCUT2D eigenvalue weighted by atomic mass is 16.1. The van der Waals surface area contributed by atoms with Gasteiger partial charge in [-0.05, 0) is 226 Å². The summed E-state index contributed by atoms with van der Waals surface area (Å²) < 4.78 is 0. The van der Waals surface area contributed by atoms with Gasteiger partial charge in [0, 0.05) is 0 Å². The normalized spacial score (nSPS) is 17.1. The molecule has 0 radical (unpaired) electrons. The monoisotopic (exact) mass is 816 g/mol. The van der Waals surface area contributed by atoms with E-state index in [0.29, 0.717) is 0 Å². The maximum Gasteiger partial charge on any atom is 0.126 e. The van der Waals surface area contributed by atoms with Crippen LogP contribution in [0.25, 0.3) is 0 Å². The number of rotatable bonds is 0. The molecule has 342 valence electrons. The first-order valence-electron chi connectivity index (χ1n) is 21.9. The third-order valence-corrected chi connectivity index (χ3v) is 7.17. The number of carbonyl (C=O) groups excluding carboxylic acids is 6. The second kappa shape index (κ2) is 55.9. The van der Waals surface area contributed by atoms with Crippen LogP contribution in [-0.2, 0) is 28.8 Å². The summed E-state index contributed by atoms with van der Waals surface area (Å²) >= 11 is 0. The van der Waals surface area contributed by atoms with Gasteiger partial charge in [-0.1, -0.05) is 39.0 Å². The number of carbonyl (C=O) groups is 6. The molecule has 0 aromatic heterocycles. The smallest absolute Gasteiger partial charge is 0.126 e. The van der Waals surface area contributed by atoms with Crippen molar-refractivity contribution in [3.05, 3.63) is 0 Å². The van der Waals surface area contributed by atoms with Crippen molar-refractivity contribution in [3.8, 4) is 0 Å². The molecule has 5 aliphatic heterocycles. The number of piperidine rings is 2. The molecule has 0 atom stereocenters. The SMILES string of the molecule is C1CCNC1.C1CCNCC1.C1CNC1.CC(C)=O.CC(C)=O.CC(C)=O.CC(C)=O.CC(C)=O.CC(C)=O.CC1CCC1.CN1CCCC1.CN1CCCCC1. The van der Waals surface area contributed by atoms with Crippen LogP contribution in [0.5, 0.6) is 0 Å². The molecule has 1 aliphatic carbocycles. The maximum absolute atomic E-state index is 9.44. The molecule has 6 aliphatic rings. The van der Waals surface area contributed by atoms with Gasteiger partial charge in [0.1, 0.15) is 34.7 Å². The van der Waals surface area contributed by atoms with Crippen LogP contribution in [0.4, 0.5) is 0 Å². The molecular weight excluding hydrogens is 719 g/mol. The number of hydrogen-bond acceptors (Lipinski definition) is 11. The van der Waals surface area contributed by atoms with Gasteiger partial charge < -0.3 is 54.5 Å². The van der Waals surface area contributed by atoms with Crippen LogP contribution in [0, 0.1) is 5.92 Å². The average molecular weight is 816 g/mol. The molecule has 0 amide bonds. The lowest BCUT2D eigenvalue weighted by atomic mass is 9.88. The van der Waals surface area contributed by atoms with Crippen molar-refractivity contribution in [2.24, 2.45) is 5.92 Å². The lowest BCUT2D eigenvalue weighted by Crippen LogP contribution is -2.29. The maximum atomic E-state index is 9.44. The number of Topliss-reactive ketones (excluding diaryl/α,β-unsaturated/α-hetero) is 6. The van der Waals surface area contributed by atoms with E-state index in [2.05, 4.69) is 46.8 Å². The van der Waals surface area contributed by atoms with Gasteiger partial charge in [-0.25, -0.2) is 0 Å². The van der Waals surface area contributed by atoms with Crippen molar-refractivity contribution >= 4 is 34.7 Å². The Balaban J connectivity index is -0.000000125. The van der Waals surface area contributed by atoms with Crippen LogP contribution in [0.1, 0.15) is 180 Å². The minimum absolute atomic E-state index is 0.167. The third-order valence-electron chi connectivity index (χ3n) is 7.17. The van der Waals surface area contributed by atoms with Crippen molar-refractivity contribution in [2.75, 3.05) is 79.5 Å². The van der Waals surface area contributed by atoms with Gasteiger partial charge in [0.05, 0.1) is 0 Å². The molecule has 6 fully saturated rings. The van der Waals surface area contributed by atoms with Gasteiger partial charge in [-0.2, -0.15) is 0 Å². The van der Waals surface area contributed by atoms with Gasteiger partial charge >= 0.3 is 0 Å². The molecule has 3 N–H and O–H groups in total. The fraction of sp³-hybridized carbons (Fsp3) is 0.870. The minimum Gasteiger partial charge on any atom is -0.317 e. The molecule has 11 heteroatoms. The van der Waals surface area contributed by atoms with E-state index in [1.165, 1.54) is 238 Å². The zero-order valence-corrected chi connectivity index (χ0v) is 40.4. The standard InChI is InChI=1S/C6H13N.2C5H11N.C5H10.C4H9N.C3H7N.6C3H6O/c1-7-5-3-2-4-6-7;1-6-4-2-3-5-6;1-2-4-6-5-3-1;1-5-3-2-4-5;1-2-4-5-3-1;1-2-4-3-1;6*1-3(2)4/h2-6H2,1H3;2-5H2,1H3;6H,1-5H2;5H,2-4H2,1H3;5H,1-4H2;4H,1-3H2;6*1-2H3. The second-order valence-corrected chi connectivity index (χ2v) is 16.2. The number of likely N-dealkylation sites (tertiary alicyclic amines) is 2. The topological polar surface area (TPSA) is 145 Å². The molecular formula is C46H97N5O6. The zero-order valence-electron chi connectivity index (χ0n) is 40.4. The summed E-state index contributed by atoms with van der Waals surface area (Å²) in [5.74, 6) is 2.06. The molecule has 5 heterocycles. The summed E-state index contributed by atoms with van der Waals surface area (Å²) in [6.45, 7) is 33.4. The first-order valence-corrected chi connectivity index (χ1v) is 21.9. The fourth-order valence-electron chi connectivity index (χ4n) is 4.14. The number of nitrogens with one attached hydrogen (secondary N) is 3. The van der Waals surface area contributed by atoms with Crippen LogP contribution in [0.15, 0.2) is 0 Å². The number of ketones is 6. The summed E-state index contributed by atoms with van der Waals surface area (Å²) in [7, 11) is 4.37. The largest absolute Gasteiger partial charge is 0.317 e. The molecule has 0 bridgehead atoms. The van der Waals surface area contributed by atoms with Crippen LogP contribution in [0.3, 0.4) is 0 Å². The Morgan fingerprint density at radius 3 is 0.561 bits per heavy atom. The first-order chi connectivity index (χ1) is 26.6. The predicted octanol–water partition coefficient (Wildman–Crippen LogP) is 8.30. The Morgan fingerprint density at radius 2 is 0.491 bits per heavy atom. The third kappa shape index (κ3) is 126. The number of hydrogen-bond donors (Lipinski definition) is 3. The minimum atomic E-state index is 0.167. The van der Waals surface area contributed by atoms with Gasteiger partial charge in [0.25, 0.3) is 0 Å². The quantitative estimate of drug-likeness (QED) is 0.217. The first kappa shape index (κ1) is 66.6. The van der Waals surface area contributed by atoms with E-state index in [4.69, 9.17) is 0 Å². The molecule has 5 saturated heterocycles. The molecule has 0 unspecified atom stereocenters. The number of nitrogens with zero attached hydrogens (tertiary/aromatic N) is 2. The fourth-order valence-corrected chi connectivity index (χ4v) is 4.14. The van der Waals surface area contributed by atoms with Crippen molar-refractivity contribution in [3.63, 3.8) is 0 Å². The summed E-state index contributed by atoms with van der Waals surface area (Å²) in [4.78, 5) is 61.4. The second-order valence-electron chi connectivity index (χ2n) is 16.2. The predicted molar refractivity (Wildman–Crippen MR) is 246 cm³/mol. The highest BCUT2D eigenvalue weighted by Crippen LogP contribution is 2.24. The molecule has 6 rings (SSSR count). The van der Waals surface area contributed by atoms with Crippen LogP contribution in [-0.4, -0.2) is 124 Å². The highest BCUT2D eigenvalue weighted by molar-refractivity contribution is 5.73. The molecule has 0 aromatic carbocycles. The van der Waals surface area contributed by atoms with Gasteiger partial charge in [-0.3, -0.25) is 0 Å². The summed E-state index contributed by atoms with van der Waals surface area (Å²) in [6, 6.07) is 0. The summed E-state index contributed by atoms with van der Waals surface area (Å²) in [5, 5.41) is 9.62. The molecule has 0 aromatic rings. The lowest BCUT2D eigenvalue weighted by Gasteiger charge is -2.20. The van der Waals surface area contributed by atoms with Crippen molar-refractivity contribution in [1.29, 1.82) is 0 Å². The van der Waals surface area contributed by atoms with Gasteiger partial charge in [-0.15, -0.1) is 0 Å². The van der Waals surface area contributed by atoms with Crippen LogP contribution >= 0.6 is 0 Å². The zero-order chi connectivity index (χ0) is 45.3. The molecule has 57 heavy (non-hydrogen) atoms. The Hall–Kier alpha value is -2.18. The highest BCUT2D eigenvalue weighted by Gasteiger charge is 2.09. The van der Waals surface area contributed by atoms with E-state index >= 15 is 0 Å². The van der Waals surface area contributed by atoms with Gasteiger partial charge in [0.15, 0.2) is 0 Å². The molecule has 1 saturated carbocycles. The Labute approximate surface area is 353 Å². The summed E-state index contributed by atoms with van der Waals surface area (Å²) in [6.07, 6.45) is 19.9. The van der Waals surface area contributed by atoms with E-state index in [1.807, 2.05) is 0 Å².